The van der Waals surface area contributed by atoms with E-state index in [-0.39, 0.29) is 27.9 Å². The molecule has 128 valence electrons. The fourth-order valence-corrected chi connectivity index (χ4v) is 2.61. The predicted molar refractivity (Wildman–Crippen MR) is 91.3 cm³/mol. The summed E-state index contributed by atoms with van der Waals surface area (Å²) in [6, 6.07) is 9.92. The van der Waals surface area contributed by atoms with Gasteiger partial charge in [0.25, 0.3) is 0 Å². The van der Waals surface area contributed by atoms with Crippen LogP contribution in [0.3, 0.4) is 0 Å². The van der Waals surface area contributed by atoms with Crippen molar-refractivity contribution >= 4 is 35.0 Å². The van der Waals surface area contributed by atoms with Crippen molar-refractivity contribution < 1.29 is 18.1 Å². The van der Waals surface area contributed by atoms with Crippen LogP contribution >= 0.6 is 23.4 Å². The maximum Gasteiger partial charge on any atom is 0.238 e. The normalized spacial score (nSPS) is 10.8. The lowest BCUT2D eigenvalue weighted by atomic mass is 10.1. The molecular formula is C17H10Cl2F2N2O2. The molecule has 0 unspecified atom stereocenters. The first kappa shape index (κ1) is 17.4. The molecule has 0 aliphatic heterocycles. The zero-order chi connectivity index (χ0) is 18.1. The molecule has 3 rings (SSSR count). The van der Waals surface area contributed by atoms with Gasteiger partial charge in [-0.15, -0.1) is 0 Å². The largest absolute Gasteiger partial charge is 0.356 e. The van der Waals surface area contributed by atoms with E-state index in [0.717, 1.165) is 16.6 Å². The molecule has 1 heterocycles. The average Bonchev–Trinajstić information content (AvgIpc) is 3.07. The minimum atomic E-state index is -0.760. The zero-order valence-electron chi connectivity index (χ0n) is 12.8. The van der Waals surface area contributed by atoms with E-state index in [9.17, 15) is 13.6 Å². The van der Waals surface area contributed by atoms with Crippen LogP contribution in [0.25, 0.3) is 22.6 Å². The number of hydrogen-bond acceptors (Lipinski definition) is 3. The number of nitrogens with zero attached hydrogens (tertiary/aromatic N) is 2. The third kappa shape index (κ3) is 3.36. The molecule has 0 saturated heterocycles. The van der Waals surface area contributed by atoms with Gasteiger partial charge in [-0.25, -0.2) is 13.2 Å². The van der Waals surface area contributed by atoms with Crippen LogP contribution in [-0.2, 0) is 4.79 Å². The molecule has 0 saturated carbocycles. The van der Waals surface area contributed by atoms with Crippen molar-refractivity contribution in [2.75, 3.05) is 4.42 Å². The van der Waals surface area contributed by atoms with E-state index in [1.165, 1.54) is 13.0 Å². The van der Waals surface area contributed by atoms with E-state index in [0.29, 0.717) is 11.3 Å². The lowest BCUT2D eigenvalue weighted by Gasteiger charge is -2.11. The Kier molecular flexibility index (Phi) is 4.74. The van der Waals surface area contributed by atoms with Gasteiger partial charge in [-0.2, -0.15) is 0 Å². The number of carbonyl (C=O) groups excluding carboxylic acids is 1. The molecule has 3 aromatic rings. The van der Waals surface area contributed by atoms with Gasteiger partial charge < -0.3 is 4.52 Å². The number of carbonyl (C=O) groups is 1. The van der Waals surface area contributed by atoms with Crippen LogP contribution in [0.1, 0.15) is 6.92 Å². The predicted octanol–water partition coefficient (Wildman–Crippen LogP) is 5.45. The highest BCUT2D eigenvalue weighted by molar-refractivity contribution is 6.36. The molecule has 4 nitrogen and oxygen atoms in total. The highest BCUT2D eigenvalue weighted by Crippen LogP contribution is 2.35. The second kappa shape index (κ2) is 6.82. The maximum atomic E-state index is 14.0. The topological polar surface area (TPSA) is 46.3 Å². The quantitative estimate of drug-likeness (QED) is 0.447. The van der Waals surface area contributed by atoms with Crippen LogP contribution in [0, 0.1) is 11.6 Å². The molecule has 0 bridgehead atoms. The molecule has 0 N–H and O–H groups in total. The van der Waals surface area contributed by atoms with Gasteiger partial charge in [0.15, 0.2) is 5.76 Å². The zero-order valence-corrected chi connectivity index (χ0v) is 14.3. The highest BCUT2D eigenvalue weighted by Gasteiger charge is 2.19. The number of benzene rings is 2. The molecule has 0 atom stereocenters. The van der Waals surface area contributed by atoms with Crippen molar-refractivity contribution in [3.63, 3.8) is 0 Å². The van der Waals surface area contributed by atoms with Gasteiger partial charge in [-0.05, 0) is 24.3 Å². The molecule has 0 aliphatic carbocycles. The Balaban J connectivity index is 2.02. The van der Waals surface area contributed by atoms with Crippen LogP contribution in [0.15, 0.2) is 47.0 Å². The monoisotopic (exact) mass is 382 g/mol. The lowest BCUT2D eigenvalue weighted by molar-refractivity contribution is -0.115. The van der Waals surface area contributed by atoms with Crippen molar-refractivity contribution in [3.8, 4) is 22.6 Å². The lowest BCUT2D eigenvalue weighted by Crippen LogP contribution is -2.16. The number of rotatable bonds is 3. The van der Waals surface area contributed by atoms with E-state index < -0.39 is 11.6 Å². The molecule has 0 fully saturated rings. The smallest absolute Gasteiger partial charge is 0.238 e. The van der Waals surface area contributed by atoms with Gasteiger partial charge in [-0.3, -0.25) is 4.79 Å². The van der Waals surface area contributed by atoms with E-state index in [2.05, 4.69) is 5.16 Å². The molecule has 0 aliphatic rings. The summed E-state index contributed by atoms with van der Waals surface area (Å²) >= 11 is 11.7. The van der Waals surface area contributed by atoms with Gasteiger partial charge >= 0.3 is 0 Å². The molecular weight excluding hydrogens is 373 g/mol. The Morgan fingerprint density at radius 2 is 1.88 bits per heavy atom. The van der Waals surface area contributed by atoms with Crippen LogP contribution in [0.2, 0.25) is 5.02 Å². The number of aromatic nitrogens is 1. The fraction of sp³-hybridized carbons (Fsp3) is 0.0588. The molecule has 0 spiro atoms. The second-order valence-electron chi connectivity index (χ2n) is 5.14. The maximum absolute atomic E-state index is 14.0. The van der Waals surface area contributed by atoms with Gasteiger partial charge in [0.2, 0.25) is 5.91 Å². The summed E-state index contributed by atoms with van der Waals surface area (Å²) in [6.45, 7) is 1.32. The van der Waals surface area contributed by atoms with Crippen molar-refractivity contribution in [1.29, 1.82) is 0 Å². The number of amides is 1. The molecule has 1 amide bonds. The van der Waals surface area contributed by atoms with Gasteiger partial charge in [0, 0.05) is 30.3 Å². The van der Waals surface area contributed by atoms with Gasteiger partial charge in [0.05, 0.1) is 16.3 Å². The minimum Gasteiger partial charge on any atom is -0.356 e. The SMILES string of the molecule is CC(=O)N(Cl)c1cccc(-c2cc(-c3c(F)ccc(F)c3Cl)no2)c1. The Bertz CT molecular complexity index is 960. The second-order valence-corrected chi connectivity index (χ2v) is 5.86. The number of halogens is 4. The molecule has 0 radical (unpaired) electrons. The van der Waals surface area contributed by atoms with Crippen molar-refractivity contribution in [3.05, 3.63) is 59.1 Å². The Hall–Kier alpha value is -2.44. The van der Waals surface area contributed by atoms with Gasteiger partial charge in [-0.1, -0.05) is 28.9 Å². The minimum absolute atomic E-state index is 0.0525. The highest BCUT2D eigenvalue weighted by atomic mass is 35.5. The van der Waals surface area contributed by atoms with Crippen LogP contribution < -0.4 is 4.42 Å². The van der Waals surface area contributed by atoms with Crippen LogP contribution in [0.5, 0.6) is 0 Å². The first-order valence-corrected chi connectivity index (χ1v) is 7.77. The summed E-state index contributed by atoms with van der Waals surface area (Å²) in [4.78, 5) is 11.4. The van der Waals surface area contributed by atoms with Crippen molar-refractivity contribution in [2.24, 2.45) is 0 Å². The Morgan fingerprint density at radius 3 is 2.60 bits per heavy atom. The van der Waals surface area contributed by atoms with E-state index in [4.69, 9.17) is 27.9 Å². The summed E-state index contributed by atoms with van der Waals surface area (Å²) in [5.74, 6) is -1.55. The third-order valence-electron chi connectivity index (χ3n) is 3.44. The Labute approximate surface area is 151 Å². The van der Waals surface area contributed by atoms with Crippen LogP contribution in [0.4, 0.5) is 14.5 Å². The summed E-state index contributed by atoms with van der Waals surface area (Å²) in [7, 11) is 0. The van der Waals surface area contributed by atoms with E-state index in [1.54, 1.807) is 24.3 Å². The fourth-order valence-electron chi connectivity index (χ4n) is 2.25. The van der Waals surface area contributed by atoms with E-state index in [1.807, 2.05) is 0 Å². The summed E-state index contributed by atoms with van der Waals surface area (Å²) in [5, 5.41) is 3.38. The first-order chi connectivity index (χ1) is 11.9. The first-order valence-electron chi connectivity index (χ1n) is 7.06. The molecule has 2 aromatic carbocycles. The number of anilines is 1. The van der Waals surface area contributed by atoms with E-state index >= 15 is 0 Å². The number of hydrogen-bond donors (Lipinski definition) is 0. The van der Waals surface area contributed by atoms with Crippen molar-refractivity contribution in [2.45, 2.75) is 6.92 Å². The molecule has 1 aromatic heterocycles. The standard InChI is InChI=1S/C17H10Cl2F2N2O2/c1-9(24)23(19)11-4-2-3-10(7-11)15-8-14(22-25-15)16-12(20)5-6-13(21)17(16)18/h2-8H,1H3. The average molecular weight is 383 g/mol. The Morgan fingerprint density at radius 1 is 1.16 bits per heavy atom. The van der Waals surface area contributed by atoms with Crippen LogP contribution in [-0.4, -0.2) is 11.1 Å². The van der Waals surface area contributed by atoms with Gasteiger partial charge in [0.1, 0.15) is 17.3 Å². The third-order valence-corrected chi connectivity index (χ3v) is 4.25. The summed E-state index contributed by atoms with van der Waals surface area (Å²) in [6.07, 6.45) is 0. The van der Waals surface area contributed by atoms with Crippen molar-refractivity contribution in [1.82, 2.24) is 5.16 Å². The summed E-state index contributed by atoms with van der Waals surface area (Å²) in [5.41, 5.74) is 0.850. The summed E-state index contributed by atoms with van der Waals surface area (Å²) < 4.78 is 33.7. The molecule has 8 heteroatoms. The molecule has 25 heavy (non-hydrogen) atoms.